The van der Waals surface area contributed by atoms with Crippen molar-refractivity contribution in [3.8, 4) is 23.0 Å². The Balaban J connectivity index is 1.68. The van der Waals surface area contributed by atoms with E-state index < -0.39 is 11.0 Å². The van der Waals surface area contributed by atoms with Crippen LogP contribution in [-0.4, -0.2) is 16.8 Å². The Morgan fingerprint density at radius 1 is 0.833 bits per heavy atom. The maximum absolute atomic E-state index is 11.1. The molecule has 0 aliphatic carbocycles. The number of carbonyl (C=O) groups excluding carboxylic acids is 2. The van der Waals surface area contributed by atoms with Crippen LogP contribution in [0.15, 0.2) is 36.4 Å². The molecular weight excluding hydrogens is 332 g/mol. The fraction of sp³-hybridized carbons (Fsp3) is 0.118. The third-order valence-corrected chi connectivity index (χ3v) is 4.85. The molecule has 24 heavy (non-hydrogen) atoms. The molecule has 7 heteroatoms. The highest BCUT2D eigenvalue weighted by Gasteiger charge is 2.34. The van der Waals surface area contributed by atoms with Gasteiger partial charge in [0.2, 0.25) is 0 Å². The van der Waals surface area contributed by atoms with Gasteiger partial charge in [-0.05, 0) is 24.3 Å². The Kier molecular flexibility index (Phi) is 3.31. The molecule has 0 amide bonds. The van der Waals surface area contributed by atoms with Crippen LogP contribution in [0, 0.1) is 0 Å². The zero-order valence-electron chi connectivity index (χ0n) is 12.8. The van der Waals surface area contributed by atoms with E-state index in [9.17, 15) is 9.59 Å². The minimum absolute atomic E-state index is 0.386. The van der Waals surface area contributed by atoms with Gasteiger partial charge in [0, 0.05) is 37.1 Å². The molecule has 0 bridgehead atoms. The van der Waals surface area contributed by atoms with Gasteiger partial charge in [0.1, 0.15) is 11.5 Å². The molecule has 0 radical (unpaired) electrons. The van der Waals surface area contributed by atoms with Gasteiger partial charge < -0.3 is 17.8 Å². The van der Waals surface area contributed by atoms with E-state index in [0.717, 1.165) is 16.0 Å². The lowest BCUT2D eigenvalue weighted by molar-refractivity contribution is -0.132. The molecule has 0 spiro atoms. The van der Waals surface area contributed by atoms with Crippen molar-refractivity contribution in [2.24, 2.45) is 0 Å². The summed E-state index contributed by atoms with van der Waals surface area (Å²) < 4.78 is 21.8. The summed E-state index contributed by atoms with van der Waals surface area (Å²) in [5.41, 5.74) is 1.79. The summed E-state index contributed by atoms with van der Waals surface area (Å²) in [7, 11) is 0. The van der Waals surface area contributed by atoms with E-state index in [-0.39, 0.29) is 11.9 Å². The van der Waals surface area contributed by atoms with E-state index in [1.807, 2.05) is 12.1 Å². The maximum atomic E-state index is 11.1. The Labute approximate surface area is 140 Å². The molecule has 0 saturated carbocycles. The first-order chi connectivity index (χ1) is 11.5. The van der Waals surface area contributed by atoms with Crippen LogP contribution in [0.4, 0.5) is 0 Å². The van der Waals surface area contributed by atoms with Crippen molar-refractivity contribution >= 4 is 27.8 Å². The van der Waals surface area contributed by atoms with E-state index in [2.05, 4.69) is 0 Å². The molecule has 0 fully saturated rings. The summed E-state index contributed by atoms with van der Waals surface area (Å²) in [6.07, 6.45) is 0. The average molecular weight is 344 g/mol. The van der Waals surface area contributed by atoms with Crippen LogP contribution < -0.4 is 17.8 Å². The Hall–Kier alpha value is -2.80. The van der Waals surface area contributed by atoms with Gasteiger partial charge in [-0.25, -0.2) is 0 Å². The van der Waals surface area contributed by atoms with Gasteiger partial charge in [0.05, 0.1) is 4.86 Å². The van der Waals surface area contributed by atoms with Crippen LogP contribution in [0.2, 0.25) is 0 Å². The lowest BCUT2D eigenvalue weighted by Gasteiger charge is -2.09. The second kappa shape index (κ2) is 5.38. The maximum Gasteiger partial charge on any atom is 0.308 e. The topological polar surface area (TPSA) is 71.1 Å². The SMILES string of the molecule is CC(=O)Oc1ccc2c(c1)OS1=C2c2ccc(OC(C)=O)cc2O1. The van der Waals surface area contributed by atoms with Crippen LogP contribution in [0.1, 0.15) is 25.0 Å². The average Bonchev–Trinajstić information content (AvgIpc) is 3.00. The molecular formula is C17H12O6S. The standard InChI is InChI=1S/C17H12O6S/c1-9(18)20-11-3-5-13-15(7-11)22-24-17(13)14-6-4-12(21-10(2)19)8-16(14)23-24/h3-8H,1-2H3. The molecule has 2 aliphatic rings. The van der Waals surface area contributed by atoms with E-state index in [0.29, 0.717) is 23.0 Å². The molecule has 0 unspecified atom stereocenters. The highest BCUT2D eigenvalue weighted by atomic mass is 32.2. The fourth-order valence-electron chi connectivity index (χ4n) is 2.57. The zero-order chi connectivity index (χ0) is 16.8. The van der Waals surface area contributed by atoms with Gasteiger partial charge in [-0.1, -0.05) is 0 Å². The second-order valence-electron chi connectivity index (χ2n) is 5.23. The summed E-state index contributed by atoms with van der Waals surface area (Å²) >= 11 is -0.867. The molecule has 122 valence electrons. The minimum Gasteiger partial charge on any atom is -0.427 e. The summed E-state index contributed by atoms with van der Waals surface area (Å²) in [5.74, 6) is 1.31. The fourth-order valence-corrected chi connectivity index (χ4v) is 4.06. The number of hydrogen-bond donors (Lipinski definition) is 0. The summed E-state index contributed by atoms with van der Waals surface area (Å²) in [5, 5.41) is 0. The highest BCUT2D eigenvalue weighted by Crippen LogP contribution is 2.49. The third-order valence-electron chi connectivity index (χ3n) is 3.42. The Bertz CT molecular complexity index is 857. The van der Waals surface area contributed by atoms with Crippen LogP contribution >= 0.6 is 11.0 Å². The van der Waals surface area contributed by atoms with Gasteiger partial charge in [-0.2, -0.15) is 0 Å². The first-order valence-electron chi connectivity index (χ1n) is 7.15. The molecule has 2 aliphatic heterocycles. The van der Waals surface area contributed by atoms with Gasteiger partial charge in [0.25, 0.3) is 0 Å². The van der Waals surface area contributed by atoms with Crippen molar-refractivity contribution in [2.75, 3.05) is 0 Å². The number of fused-ring (bicyclic) bond motifs is 4. The molecule has 0 atom stereocenters. The van der Waals surface area contributed by atoms with Crippen molar-refractivity contribution in [3.63, 3.8) is 0 Å². The second-order valence-corrected chi connectivity index (χ2v) is 6.44. The Morgan fingerprint density at radius 2 is 1.29 bits per heavy atom. The van der Waals surface area contributed by atoms with Crippen molar-refractivity contribution in [1.29, 1.82) is 0 Å². The van der Waals surface area contributed by atoms with E-state index in [1.165, 1.54) is 13.8 Å². The quantitative estimate of drug-likeness (QED) is 0.474. The van der Waals surface area contributed by atoms with Crippen LogP contribution in [0.3, 0.4) is 0 Å². The lowest BCUT2D eigenvalue weighted by Crippen LogP contribution is -2.03. The first-order valence-corrected chi connectivity index (χ1v) is 8.22. The Morgan fingerprint density at radius 3 is 1.71 bits per heavy atom. The number of ether oxygens (including phenoxy) is 2. The van der Waals surface area contributed by atoms with Gasteiger partial charge >= 0.3 is 11.9 Å². The minimum atomic E-state index is -0.867. The number of benzene rings is 2. The van der Waals surface area contributed by atoms with Gasteiger partial charge in [-0.15, -0.1) is 0 Å². The molecule has 0 N–H and O–H groups in total. The molecule has 2 aromatic rings. The molecule has 0 aromatic heterocycles. The lowest BCUT2D eigenvalue weighted by atomic mass is 10.0. The number of rotatable bonds is 2. The summed E-state index contributed by atoms with van der Waals surface area (Å²) in [6.45, 7) is 2.69. The molecule has 6 nitrogen and oxygen atoms in total. The van der Waals surface area contributed by atoms with Crippen LogP contribution in [0.5, 0.6) is 23.0 Å². The van der Waals surface area contributed by atoms with Crippen LogP contribution in [0.25, 0.3) is 0 Å². The van der Waals surface area contributed by atoms with Gasteiger partial charge in [-0.3, -0.25) is 9.59 Å². The van der Waals surface area contributed by atoms with Crippen LogP contribution in [-0.2, 0) is 9.59 Å². The predicted molar refractivity (Wildman–Crippen MR) is 87.6 cm³/mol. The van der Waals surface area contributed by atoms with Gasteiger partial charge in [0.15, 0.2) is 22.5 Å². The summed E-state index contributed by atoms with van der Waals surface area (Å²) in [4.78, 5) is 23.0. The molecule has 4 rings (SSSR count). The van der Waals surface area contributed by atoms with E-state index >= 15 is 0 Å². The third kappa shape index (κ3) is 2.43. The first kappa shape index (κ1) is 14.8. The molecule has 0 saturated heterocycles. The largest absolute Gasteiger partial charge is 0.427 e. The van der Waals surface area contributed by atoms with Crippen molar-refractivity contribution in [3.05, 3.63) is 47.5 Å². The van der Waals surface area contributed by atoms with Crippen molar-refractivity contribution in [2.45, 2.75) is 13.8 Å². The summed E-state index contributed by atoms with van der Waals surface area (Å²) in [6, 6.07) is 10.5. The number of carbonyl (C=O) groups is 2. The van der Waals surface area contributed by atoms with Crippen molar-refractivity contribution in [1.82, 2.24) is 0 Å². The number of hydrogen-bond acceptors (Lipinski definition) is 6. The normalized spacial score (nSPS) is 14.2. The highest BCUT2D eigenvalue weighted by molar-refractivity contribution is 8.09. The van der Waals surface area contributed by atoms with E-state index in [4.69, 9.17) is 17.8 Å². The smallest absolute Gasteiger partial charge is 0.308 e. The van der Waals surface area contributed by atoms with E-state index in [1.54, 1.807) is 24.3 Å². The monoisotopic (exact) mass is 344 g/mol. The van der Waals surface area contributed by atoms with Crippen molar-refractivity contribution < 1.29 is 27.4 Å². The predicted octanol–water partition coefficient (Wildman–Crippen LogP) is 2.99. The number of esters is 2. The zero-order valence-corrected chi connectivity index (χ0v) is 13.6. The molecule has 2 aromatic carbocycles. The molecule has 2 heterocycles.